The number of alkyl halides is 3. The van der Waals surface area contributed by atoms with Crippen LogP contribution in [0.4, 0.5) is 19.1 Å². The van der Waals surface area contributed by atoms with E-state index in [1.165, 1.54) is 19.1 Å². The van der Waals surface area contributed by atoms with E-state index in [-0.39, 0.29) is 29.6 Å². The number of ether oxygens (including phenoxy) is 1. The molecule has 0 aliphatic rings. The third-order valence-corrected chi connectivity index (χ3v) is 3.27. The molecule has 0 radical (unpaired) electrons. The molecule has 2 heterocycles. The Morgan fingerprint density at radius 3 is 2.59 bits per heavy atom. The molecule has 2 atom stereocenters. The first-order valence-corrected chi connectivity index (χ1v) is 7.81. The Kier molecular flexibility index (Phi) is 4.82. The number of rotatable bonds is 5. The van der Waals surface area contributed by atoms with Gasteiger partial charge in [-0.3, -0.25) is 3.11 Å². The van der Waals surface area contributed by atoms with Gasteiger partial charge in [-0.15, -0.1) is 5.10 Å². The molecule has 2 aromatic rings. The van der Waals surface area contributed by atoms with Gasteiger partial charge in [0.25, 0.3) is 5.95 Å². The summed E-state index contributed by atoms with van der Waals surface area (Å²) >= 11 is 1.93. The van der Waals surface area contributed by atoms with Gasteiger partial charge in [0.15, 0.2) is 16.8 Å². The molecular weight excluding hydrogens is 430 g/mol. The molecule has 0 saturated carbocycles. The molecule has 2 aromatic heterocycles. The minimum absolute atomic E-state index is 0.117. The Bertz CT molecular complexity index is 686. The van der Waals surface area contributed by atoms with E-state index < -0.39 is 11.2 Å². The van der Waals surface area contributed by atoms with Crippen molar-refractivity contribution in [3.63, 3.8) is 0 Å². The number of fused-ring (bicyclic) bond motifs is 1. The molecule has 2 rings (SSSR count). The van der Waals surface area contributed by atoms with E-state index in [0.29, 0.717) is 0 Å². The summed E-state index contributed by atoms with van der Waals surface area (Å²) in [7, 11) is 4.47. The Morgan fingerprint density at radius 1 is 1.45 bits per heavy atom. The van der Waals surface area contributed by atoms with Gasteiger partial charge in [-0.2, -0.15) is 4.98 Å². The van der Waals surface area contributed by atoms with Crippen LogP contribution in [-0.4, -0.2) is 41.5 Å². The van der Waals surface area contributed by atoms with E-state index in [2.05, 4.69) is 10.1 Å². The first-order valence-electron chi connectivity index (χ1n) is 6.27. The van der Waals surface area contributed by atoms with Gasteiger partial charge in [-0.25, -0.2) is 17.7 Å². The van der Waals surface area contributed by atoms with Crippen LogP contribution >= 0.6 is 32.1 Å². The summed E-state index contributed by atoms with van der Waals surface area (Å²) < 4.78 is 48.9. The van der Waals surface area contributed by atoms with E-state index in [4.69, 9.17) is 4.74 Å². The van der Waals surface area contributed by atoms with Crippen LogP contribution in [-0.2, 0) is 5.82 Å². The lowest BCUT2D eigenvalue weighted by molar-refractivity contribution is 0.0862. The van der Waals surface area contributed by atoms with Gasteiger partial charge in [0.2, 0.25) is 13.7 Å². The van der Waals surface area contributed by atoms with Crippen molar-refractivity contribution in [1.29, 1.82) is 0 Å². The zero-order valence-corrected chi connectivity index (χ0v) is 15.5. The zero-order chi connectivity index (χ0) is 16.7. The molecule has 0 saturated heterocycles. The van der Waals surface area contributed by atoms with Crippen LogP contribution in [0, 0.1) is 0 Å². The van der Waals surface area contributed by atoms with E-state index in [9.17, 15) is 13.2 Å². The Labute approximate surface area is 142 Å². The normalized spacial score (nSPS) is 14.9. The summed E-state index contributed by atoms with van der Waals surface area (Å²) in [5.41, 5.74) is -0.201. The fraction of sp³-hybridized carbons (Fsp3) is 0.455. The predicted molar refractivity (Wildman–Crippen MR) is 92.6 cm³/mol. The van der Waals surface area contributed by atoms with Crippen molar-refractivity contribution in [2.45, 2.75) is 18.2 Å². The van der Waals surface area contributed by atoms with E-state index in [1.54, 1.807) is 10.2 Å². The highest BCUT2D eigenvalue weighted by atomic mass is 127. The Hall–Kier alpha value is -0.765. The summed E-state index contributed by atoms with van der Waals surface area (Å²) in [4.78, 5) is 4.17. The number of aromatic nitrogens is 3. The highest BCUT2D eigenvalue weighted by Gasteiger charge is 2.30. The molecule has 0 aromatic carbocycles. The molecule has 0 amide bonds. The summed E-state index contributed by atoms with van der Waals surface area (Å²) in [6, 6.07) is 2.55. The Morgan fingerprint density at radius 2 is 2.09 bits per heavy atom. The van der Waals surface area contributed by atoms with Crippen molar-refractivity contribution in [3.05, 3.63) is 17.8 Å². The van der Waals surface area contributed by atoms with Crippen molar-refractivity contribution in [1.82, 2.24) is 14.6 Å². The lowest BCUT2D eigenvalue weighted by Crippen LogP contribution is -2.21. The fourth-order valence-corrected chi connectivity index (χ4v) is 2.01. The number of nitrogens with zero attached hydrogens (tertiary/aromatic N) is 4. The largest absolute Gasteiger partial charge is 0.486 e. The Balaban J connectivity index is 2.55. The van der Waals surface area contributed by atoms with Crippen LogP contribution in [0.3, 0.4) is 0 Å². The van der Waals surface area contributed by atoms with Crippen molar-refractivity contribution >= 4 is 51.5 Å². The third kappa shape index (κ3) is 3.95. The van der Waals surface area contributed by atoms with E-state index in [0.717, 1.165) is 12.4 Å². The molecular formula is C11H14BF3IN4OP. The van der Waals surface area contributed by atoms with Crippen LogP contribution in [0.1, 0.15) is 12.6 Å². The van der Waals surface area contributed by atoms with Crippen LogP contribution < -0.4 is 7.85 Å². The van der Waals surface area contributed by atoms with Gasteiger partial charge < -0.3 is 4.74 Å². The maximum atomic E-state index is 13.7. The monoisotopic (exact) mass is 444 g/mol. The second-order valence-electron chi connectivity index (χ2n) is 5.16. The van der Waals surface area contributed by atoms with Crippen LogP contribution in [0.2, 0.25) is 0 Å². The van der Waals surface area contributed by atoms with Crippen molar-refractivity contribution < 1.29 is 17.9 Å². The maximum Gasteiger partial charge on any atom is 0.254 e. The number of pyridine rings is 1. The summed E-state index contributed by atoms with van der Waals surface area (Å²) in [6.45, 7) is 1.08. The molecule has 0 bridgehead atoms. The second kappa shape index (κ2) is 6.03. The number of hydrogen-bond acceptors (Lipinski definition) is 4. The van der Waals surface area contributed by atoms with E-state index >= 15 is 0 Å². The number of halogens is 4. The minimum atomic E-state index is -3.10. The summed E-state index contributed by atoms with van der Waals surface area (Å²) in [5.74, 6) is -2.66. The SMILES string of the molecule is BC(F)(F)c1ccc(OCC(C)(F)P)c2nc(N(C)I)nn12. The molecule has 0 N–H and O–H groups in total. The molecule has 11 heteroatoms. The smallest absolute Gasteiger partial charge is 0.254 e. The number of anilines is 1. The third-order valence-electron chi connectivity index (χ3n) is 2.67. The van der Waals surface area contributed by atoms with Gasteiger partial charge in [0.1, 0.15) is 12.3 Å². The molecule has 120 valence electrons. The van der Waals surface area contributed by atoms with Crippen molar-refractivity contribution in [3.8, 4) is 5.75 Å². The van der Waals surface area contributed by atoms with Gasteiger partial charge in [0, 0.05) is 7.05 Å². The molecule has 5 nitrogen and oxygen atoms in total. The maximum absolute atomic E-state index is 13.7. The fourth-order valence-electron chi connectivity index (χ4n) is 1.72. The molecule has 0 fully saturated rings. The first-order chi connectivity index (χ1) is 9.99. The molecule has 2 unspecified atom stereocenters. The van der Waals surface area contributed by atoms with Gasteiger partial charge in [0.05, 0.1) is 22.9 Å². The van der Waals surface area contributed by atoms with Crippen LogP contribution in [0.5, 0.6) is 5.75 Å². The van der Waals surface area contributed by atoms with Crippen LogP contribution in [0.25, 0.3) is 5.65 Å². The van der Waals surface area contributed by atoms with Gasteiger partial charge in [-0.1, -0.05) is 9.24 Å². The summed E-state index contributed by atoms with van der Waals surface area (Å²) in [5, 5.41) is 2.42. The lowest BCUT2D eigenvalue weighted by atomic mass is 9.95. The lowest BCUT2D eigenvalue weighted by Gasteiger charge is -2.17. The molecule has 0 aliphatic heterocycles. The minimum Gasteiger partial charge on any atom is -0.486 e. The number of hydrogen-bond donors (Lipinski definition) is 0. The van der Waals surface area contributed by atoms with Crippen LogP contribution in [0.15, 0.2) is 12.1 Å². The van der Waals surface area contributed by atoms with Gasteiger partial charge >= 0.3 is 0 Å². The van der Waals surface area contributed by atoms with Gasteiger partial charge in [-0.05, 0) is 19.1 Å². The molecule has 0 aliphatic carbocycles. The predicted octanol–water partition coefficient (Wildman–Crippen LogP) is 2.14. The van der Waals surface area contributed by atoms with Crippen molar-refractivity contribution in [2.75, 3.05) is 16.8 Å². The average Bonchev–Trinajstić information content (AvgIpc) is 2.78. The van der Waals surface area contributed by atoms with Crippen molar-refractivity contribution in [2.24, 2.45) is 0 Å². The standard InChI is InChI=1S/C11H14BF3IN4OP/c1-10(13,22)5-21-6-3-4-7(11(12,14)15)20-8(6)17-9(18-20)19(2)16/h3-4H,5,12,22H2,1-2H3. The highest BCUT2D eigenvalue weighted by Crippen LogP contribution is 2.31. The summed E-state index contributed by atoms with van der Waals surface area (Å²) in [6.07, 6.45) is 0. The zero-order valence-electron chi connectivity index (χ0n) is 12.1. The molecule has 22 heavy (non-hydrogen) atoms. The highest BCUT2D eigenvalue weighted by molar-refractivity contribution is 14.1. The molecule has 0 spiro atoms. The average molecular weight is 444 g/mol. The topological polar surface area (TPSA) is 42.7 Å². The second-order valence-corrected chi connectivity index (χ2v) is 7.81. The quantitative estimate of drug-likeness (QED) is 0.307. The first kappa shape index (κ1) is 17.6. The van der Waals surface area contributed by atoms with E-state index in [1.807, 2.05) is 32.1 Å².